The maximum Gasteiger partial charge on any atom is 0.0242 e. The molecule has 0 fully saturated rings. The third kappa shape index (κ3) is 1.35. The zero-order valence-electron chi connectivity index (χ0n) is 3.48. The molecule has 1 aliphatic rings. The van der Waals surface area contributed by atoms with E-state index in [1.807, 2.05) is 11.8 Å². The third-order valence-electron chi connectivity index (χ3n) is 0.626. The fourth-order valence-corrected chi connectivity index (χ4v) is 2.27. The second-order valence-electron chi connectivity index (χ2n) is 1.09. The van der Waals surface area contributed by atoms with Crippen LogP contribution >= 0.6 is 23.1 Å². The molecule has 0 N–H and O–H groups in total. The van der Waals surface area contributed by atoms with Crippen molar-refractivity contribution in [3.63, 3.8) is 0 Å². The number of thioether (sulfide) groups is 1. The molecule has 0 aromatic heterocycles. The highest BCUT2D eigenvalue weighted by Crippen LogP contribution is 2.05. The van der Waals surface area contributed by atoms with Gasteiger partial charge in [-0.05, 0) is 11.1 Å². The third-order valence-corrected chi connectivity index (χ3v) is 2.81. The lowest BCUT2D eigenvalue weighted by Gasteiger charge is -1.97. The lowest BCUT2D eigenvalue weighted by molar-refractivity contribution is 1.56. The average Bonchev–Trinajstić information content (AvgIpc) is 1.72. The van der Waals surface area contributed by atoms with E-state index in [0.717, 1.165) is 5.75 Å². The predicted octanol–water partition coefficient (Wildman–Crippen LogP) is 0.878. The number of hydrogen-bond acceptors (Lipinski definition) is 1. The van der Waals surface area contributed by atoms with Crippen molar-refractivity contribution in [3.05, 3.63) is 0 Å². The number of hydrogen-bond donors (Lipinski definition) is 1. The predicted molar refractivity (Wildman–Crippen MR) is 36.2 cm³/mol. The van der Waals surface area contributed by atoms with Gasteiger partial charge in [0.15, 0.2) is 0 Å². The Labute approximate surface area is 46.3 Å². The molecule has 0 aromatic rings. The average molecular weight is 119 g/mol. The van der Waals surface area contributed by atoms with Gasteiger partial charge in [0.1, 0.15) is 0 Å². The van der Waals surface area contributed by atoms with Crippen molar-refractivity contribution in [2.24, 2.45) is 0 Å². The van der Waals surface area contributed by atoms with Gasteiger partial charge in [-0.2, -0.15) is 23.1 Å². The zero-order valence-corrected chi connectivity index (χ0v) is 5.19. The van der Waals surface area contributed by atoms with Gasteiger partial charge in [0.05, 0.1) is 0 Å². The summed E-state index contributed by atoms with van der Waals surface area (Å²) >= 11 is 3.40. The first-order valence-electron chi connectivity index (χ1n) is 1.97. The lowest BCUT2D eigenvalue weighted by Crippen LogP contribution is -1.90. The first-order chi connectivity index (χ1) is 3.00. The molecule has 0 aliphatic carbocycles. The first-order valence-corrected chi connectivity index (χ1v) is 4.21. The normalized spacial score (nSPS) is 22.7. The fourth-order valence-electron chi connectivity index (χ4n) is 0.353. The van der Waals surface area contributed by atoms with Gasteiger partial charge >= 0.3 is 0 Å². The molecule has 0 nitrogen and oxygen atoms in total. The van der Waals surface area contributed by atoms with E-state index in [9.17, 15) is 0 Å². The van der Waals surface area contributed by atoms with Crippen LogP contribution in [0.15, 0.2) is 0 Å². The zero-order chi connectivity index (χ0) is 4.24. The van der Waals surface area contributed by atoms with E-state index < -0.39 is 0 Å². The summed E-state index contributed by atoms with van der Waals surface area (Å²) in [5, 5.41) is 3.22. The highest BCUT2D eigenvalue weighted by atomic mass is 32.2. The van der Waals surface area contributed by atoms with Crippen LogP contribution in [0.25, 0.3) is 0 Å². The molecule has 1 aliphatic heterocycles. The van der Waals surface area contributed by atoms with E-state index in [2.05, 4.69) is 5.37 Å². The molecular weight excluding hydrogens is 112 g/mol. The maximum absolute atomic E-state index is 3.22. The van der Waals surface area contributed by atoms with E-state index in [0.29, 0.717) is 0 Å². The quantitative estimate of drug-likeness (QED) is 0.365. The Kier molecular flexibility index (Phi) is 2.12. The largest absolute Gasteiger partial charge is 0.195 e. The van der Waals surface area contributed by atoms with E-state index >= 15 is 0 Å². The van der Waals surface area contributed by atoms with E-state index in [-0.39, 0.29) is 0 Å². The molecule has 0 saturated carbocycles. The van der Waals surface area contributed by atoms with Crippen LogP contribution in [0.1, 0.15) is 0 Å². The molecular formula is C4H7S2. The van der Waals surface area contributed by atoms with Gasteiger partial charge in [-0.1, -0.05) is 0 Å². The van der Waals surface area contributed by atoms with Crippen LogP contribution in [0.4, 0.5) is 0 Å². The van der Waals surface area contributed by atoms with E-state index in [1.54, 1.807) is 0 Å². The van der Waals surface area contributed by atoms with Crippen molar-refractivity contribution < 1.29 is 0 Å². The Morgan fingerprint density at radius 1 is 1.67 bits per heavy atom. The summed E-state index contributed by atoms with van der Waals surface area (Å²) in [4.78, 5) is 0. The summed E-state index contributed by atoms with van der Waals surface area (Å²) in [7, 11) is 0. The molecule has 0 amide bonds. The summed E-state index contributed by atoms with van der Waals surface area (Å²) in [5.41, 5.74) is 0. The van der Waals surface area contributed by atoms with Gasteiger partial charge in [0, 0.05) is 11.5 Å². The van der Waals surface area contributed by atoms with Gasteiger partial charge in [0.25, 0.3) is 0 Å². The van der Waals surface area contributed by atoms with E-state index in [1.165, 1.54) is 22.9 Å². The van der Waals surface area contributed by atoms with Crippen LogP contribution in [-0.2, 0) is 0 Å². The van der Waals surface area contributed by atoms with Crippen LogP contribution < -0.4 is 0 Å². The topological polar surface area (TPSA) is 0 Å². The standard InChI is InChI=1S/C4H7S2/c1-2-6-4-3-5-1/h6H,1-3H2. The molecule has 0 saturated heterocycles. The van der Waals surface area contributed by atoms with Crippen molar-refractivity contribution in [2.45, 2.75) is 0 Å². The number of thiol groups is 1. The second-order valence-corrected chi connectivity index (χ2v) is 3.28. The smallest absolute Gasteiger partial charge is 0.0242 e. The molecule has 6 heavy (non-hydrogen) atoms. The first kappa shape index (κ1) is 4.72. The molecule has 0 unspecified atom stereocenters. The minimum atomic E-state index is 1.15. The SMILES string of the molecule is [C]1=[SH]CCSC1. The Morgan fingerprint density at radius 2 is 2.67 bits per heavy atom. The molecule has 1 heterocycles. The van der Waals surface area contributed by atoms with Crippen LogP contribution in [0, 0.1) is 0 Å². The number of rotatable bonds is 0. The molecule has 1 radical (unpaired) electrons. The van der Waals surface area contributed by atoms with Gasteiger partial charge in [-0.15, -0.1) is 0 Å². The molecule has 1 rings (SSSR count). The summed E-state index contributed by atoms with van der Waals surface area (Å²) in [6.07, 6.45) is 0. The molecule has 2 heteroatoms. The van der Waals surface area contributed by atoms with Crippen molar-refractivity contribution in [1.82, 2.24) is 0 Å². The van der Waals surface area contributed by atoms with Gasteiger partial charge in [-0.3, -0.25) is 0 Å². The van der Waals surface area contributed by atoms with Crippen molar-refractivity contribution in [2.75, 3.05) is 17.3 Å². The Morgan fingerprint density at radius 3 is 2.83 bits per heavy atom. The molecule has 0 atom stereocenters. The van der Waals surface area contributed by atoms with Gasteiger partial charge in [-0.25, -0.2) is 0 Å². The van der Waals surface area contributed by atoms with Gasteiger partial charge < -0.3 is 0 Å². The van der Waals surface area contributed by atoms with Crippen molar-refractivity contribution in [1.29, 1.82) is 0 Å². The van der Waals surface area contributed by atoms with Crippen molar-refractivity contribution >= 4 is 28.5 Å². The Hall–Kier alpha value is 0.570. The highest BCUT2D eigenvalue weighted by Gasteiger charge is 1.87. The van der Waals surface area contributed by atoms with Crippen LogP contribution in [0.2, 0.25) is 0 Å². The fraction of sp³-hybridized carbons (Fsp3) is 0.750. The summed E-state index contributed by atoms with van der Waals surface area (Å²) < 4.78 is 0. The summed E-state index contributed by atoms with van der Waals surface area (Å²) in [6.45, 7) is 0. The van der Waals surface area contributed by atoms with Crippen LogP contribution in [-0.4, -0.2) is 22.6 Å². The van der Waals surface area contributed by atoms with Crippen LogP contribution in [0.3, 0.4) is 0 Å². The van der Waals surface area contributed by atoms with E-state index in [4.69, 9.17) is 0 Å². The second kappa shape index (κ2) is 2.69. The molecule has 0 aromatic carbocycles. The Bertz CT molecular complexity index is 50.6. The minimum Gasteiger partial charge on any atom is -0.195 e. The Balaban J connectivity index is 2.26. The summed E-state index contributed by atoms with van der Waals surface area (Å²) in [5.74, 6) is 3.82. The van der Waals surface area contributed by atoms with Crippen molar-refractivity contribution in [3.8, 4) is 0 Å². The minimum absolute atomic E-state index is 1.15. The van der Waals surface area contributed by atoms with Gasteiger partial charge in [0.2, 0.25) is 0 Å². The molecule has 0 bridgehead atoms. The highest BCUT2D eigenvalue weighted by molar-refractivity contribution is 8.06. The van der Waals surface area contributed by atoms with Crippen LogP contribution in [0.5, 0.6) is 0 Å². The molecule has 0 spiro atoms. The lowest BCUT2D eigenvalue weighted by atomic mass is 10.9. The summed E-state index contributed by atoms with van der Waals surface area (Å²) in [6, 6.07) is 0. The maximum atomic E-state index is 3.22. The molecule has 35 valence electrons. The monoisotopic (exact) mass is 119 g/mol.